The van der Waals surface area contributed by atoms with Gasteiger partial charge in [0.2, 0.25) is 11.8 Å². The Labute approximate surface area is 275 Å². The Morgan fingerprint density at radius 3 is 2.43 bits per heavy atom. The smallest absolute Gasteiger partial charge is 0.425 e. The molecular weight excluding hydrogens is 638 g/mol. The van der Waals surface area contributed by atoms with Gasteiger partial charge in [0, 0.05) is 50.6 Å². The zero-order chi connectivity index (χ0) is 34.3. The lowest BCUT2D eigenvalue weighted by molar-refractivity contribution is -0.386. The SMILES string of the molecule is CC(OC(=O)ON1C(=O)CCC1=O)c1ccc(CNC(=O)CCCCCNC(=O)CCCC[C@@H]2NC(NC(N)=O)CS2)cc1[N+](=O)[O-]. The van der Waals surface area contributed by atoms with Crippen LogP contribution in [0, 0.1) is 10.1 Å². The van der Waals surface area contributed by atoms with Gasteiger partial charge in [-0.2, -0.15) is 0 Å². The predicted molar refractivity (Wildman–Crippen MR) is 168 cm³/mol. The number of hydrogen-bond acceptors (Lipinski definition) is 12. The summed E-state index contributed by atoms with van der Waals surface area (Å²) < 4.78 is 5.04. The third-order valence-corrected chi connectivity index (χ3v) is 8.65. The van der Waals surface area contributed by atoms with E-state index >= 15 is 0 Å². The van der Waals surface area contributed by atoms with Crippen LogP contribution in [-0.2, 0) is 35.3 Å². The van der Waals surface area contributed by atoms with Gasteiger partial charge in [0.15, 0.2) is 0 Å². The summed E-state index contributed by atoms with van der Waals surface area (Å²) in [5.41, 5.74) is 5.31. The highest BCUT2D eigenvalue weighted by Crippen LogP contribution is 2.29. The van der Waals surface area contributed by atoms with E-state index in [4.69, 9.17) is 10.5 Å². The fraction of sp³-hybridized carbons (Fsp3) is 0.586. The molecule has 2 fully saturated rings. The van der Waals surface area contributed by atoms with E-state index in [-0.39, 0.29) is 60.4 Å². The molecule has 0 spiro atoms. The van der Waals surface area contributed by atoms with Crippen LogP contribution in [0.15, 0.2) is 18.2 Å². The molecule has 2 aliphatic rings. The lowest BCUT2D eigenvalue weighted by atomic mass is 10.0. The van der Waals surface area contributed by atoms with Crippen molar-refractivity contribution in [2.45, 2.75) is 95.3 Å². The van der Waals surface area contributed by atoms with E-state index in [0.29, 0.717) is 30.0 Å². The second-order valence-corrected chi connectivity index (χ2v) is 12.3. The van der Waals surface area contributed by atoms with Gasteiger partial charge in [0.1, 0.15) is 6.10 Å². The molecule has 1 aromatic carbocycles. The number of rotatable bonds is 18. The third kappa shape index (κ3) is 12.7. The number of primary amides is 1. The quantitative estimate of drug-likeness (QED) is 0.0494. The van der Waals surface area contributed by atoms with Crippen LogP contribution in [-0.4, -0.2) is 69.6 Å². The number of nitrogens with one attached hydrogen (secondary N) is 4. The molecule has 6 N–H and O–H groups in total. The van der Waals surface area contributed by atoms with Crippen LogP contribution in [0.3, 0.4) is 0 Å². The van der Waals surface area contributed by atoms with Crippen LogP contribution < -0.4 is 27.0 Å². The van der Waals surface area contributed by atoms with Gasteiger partial charge >= 0.3 is 12.2 Å². The van der Waals surface area contributed by atoms with Gasteiger partial charge in [-0.15, -0.1) is 11.8 Å². The number of benzene rings is 1. The van der Waals surface area contributed by atoms with Gasteiger partial charge in [0.25, 0.3) is 17.5 Å². The fourth-order valence-electron chi connectivity index (χ4n) is 4.93. The molecule has 0 radical (unpaired) electrons. The minimum absolute atomic E-state index is 0.0147. The largest absolute Gasteiger partial charge is 0.534 e. The maximum atomic E-state index is 12.3. The van der Waals surface area contributed by atoms with Gasteiger partial charge in [-0.1, -0.05) is 24.0 Å². The maximum absolute atomic E-state index is 12.3. The Kier molecular flexibility index (Phi) is 14.7. The summed E-state index contributed by atoms with van der Waals surface area (Å²) in [7, 11) is 0. The zero-order valence-electron chi connectivity index (χ0n) is 26.1. The summed E-state index contributed by atoms with van der Waals surface area (Å²) in [6.07, 6.45) is 2.50. The number of unbranched alkanes of at least 4 members (excludes halogenated alkanes) is 3. The standard InChI is InChI=1S/C29H41N7O10S/c1-18(45-29(42)46-35-26(39)12-13-27(35)40)20-11-10-19(15-21(20)36(43)44)16-32-24(38)7-3-2-6-14-31-23(37)8-4-5-9-25-33-22(17-47-25)34-28(30)41/h10-11,15,18,22,25,33H,2-9,12-14,16-17H2,1H3,(H,31,37)(H,32,38)(H3,30,34,41)/t18?,22?,25-/m1/s1. The number of amides is 6. The lowest BCUT2D eigenvalue weighted by Crippen LogP contribution is -2.47. The number of thioether (sulfide) groups is 1. The molecular formula is C29H41N7O10S. The first-order valence-electron chi connectivity index (χ1n) is 15.4. The van der Waals surface area contributed by atoms with Gasteiger partial charge in [0.05, 0.1) is 22.0 Å². The van der Waals surface area contributed by atoms with Crippen molar-refractivity contribution in [2.75, 3.05) is 12.3 Å². The molecule has 2 aliphatic heterocycles. The van der Waals surface area contributed by atoms with E-state index in [0.717, 1.165) is 37.9 Å². The number of hydroxylamine groups is 2. The van der Waals surface area contributed by atoms with Gasteiger partial charge in [-0.3, -0.25) is 39.4 Å². The van der Waals surface area contributed by atoms with Crippen molar-refractivity contribution < 1.29 is 43.3 Å². The highest BCUT2D eigenvalue weighted by Gasteiger charge is 2.34. The molecule has 6 amide bonds. The van der Waals surface area contributed by atoms with Crippen molar-refractivity contribution >= 4 is 53.3 Å². The van der Waals surface area contributed by atoms with Crippen molar-refractivity contribution in [1.82, 2.24) is 26.3 Å². The number of nitrogens with two attached hydrogens (primary N) is 1. The molecule has 0 aromatic heterocycles. The van der Waals surface area contributed by atoms with E-state index in [1.165, 1.54) is 19.1 Å². The maximum Gasteiger partial charge on any atom is 0.534 e. The summed E-state index contributed by atoms with van der Waals surface area (Å²) in [5.74, 6) is -0.858. The number of carbonyl (C=O) groups is 6. The van der Waals surface area contributed by atoms with Crippen molar-refractivity contribution in [2.24, 2.45) is 5.73 Å². The summed E-state index contributed by atoms with van der Waals surface area (Å²) in [6.45, 7) is 1.95. The van der Waals surface area contributed by atoms with Crippen molar-refractivity contribution in [3.63, 3.8) is 0 Å². The van der Waals surface area contributed by atoms with E-state index in [2.05, 4.69) is 26.1 Å². The summed E-state index contributed by atoms with van der Waals surface area (Å²) in [6, 6.07) is 3.65. The molecule has 47 heavy (non-hydrogen) atoms. The molecule has 0 saturated carbocycles. The highest BCUT2D eigenvalue weighted by atomic mass is 32.2. The second kappa shape index (κ2) is 18.6. The molecule has 0 aliphatic carbocycles. The number of hydrogen-bond donors (Lipinski definition) is 5. The van der Waals surface area contributed by atoms with Crippen LogP contribution in [0.5, 0.6) is 0 Å². The van der Waals surface area contributed by atoms with Gasteiger partial charge < -0.3 is 26.4 Å². The number of carbonyl (C=O) groups excluding carboxylic acids is 6. The summed E-state index contributed by atoms with van der Waals surface area (Å²) in [4.78, 5) is 86.3. The Morgan fingerprint density at radius 2 is 1.74 bits per heavy atom. The molecule has 1 aromatic rings. The third-order valence-electron chi connectivity index (χ3n) is 7.35. The molecule has 258 valence electrons. The summed E-state index contributed by atoms with van der Waals surface area (Å²) in [5, 5.41) is 23.8. The number of nitro groups is 1. The Bertz CT molecular complexity index is 1310. The Morgan fingerprint density at radius 1 is 1.06 bits per heavy atom. The van der Waals surface area contributed by atoms with E-state index < -0.39 is 35.0 Å². The van der Waals surface area contributed by atoms with E-state index in [9.17, 15) is 38.9 Å². The van der Waals surface area contributed by atoms with Crippen LogP contribution in [0.1, 0.15) is 88.4 Å². The minimum Gasteiger partial charge on any atom is -0.425 e. The van der Waals surface area contributed by atoms with E-state index in [1.54, 1.807) is 17.8 Å². The fourth-order valence-corrected chi connectivity index (χ4v) is 6.12. The predicted octanol–water partition coefficient (Wildman–Crippen LogP) is 2.38. The van der Waals surface area contributed by atoms with Crippen LogP contribution in [0.4, 0.5) is 15.3 Å². The number of ether oxygens (including phenoxy) is 1. The van der Waals surface area contributed by atoms with Crippen LogP contribution in [0.2, 0.25) is 0 Å². The topological polar surface area (TPSA) is 241 Å². The number of imide groups is 1. The Hall–Kier alpha value is -4.45. The van der Waals surface area contributed by atoms with Crippen LogP contribution in [0.25, 0.3) is 0 Å². The molecule has 2 saturated heterocycles. The first-order valence-corrected chi connectivity index (χ1v) is 16.5. The van der Waals surface area contributed by atoms with E-state index in [1.807, 2.05) is 0 Å². The monoisotopic (exact) mass is 679 g/mol. The van der Waals surface area contributed by atoms with Crippen molar-refractivity contribution in [1.29, 1.82) is 0 Å². The molecule has 2 heterocycles. The Balaban J connectivity index is 1.27. The van der Waals surface area contributed by atoms with Crippen molar-refractivity contribution in [3.8, 4) is 0 Å². The molecule has 2 unspecified atom stereocenters. The number of nitro benzene ring substituents is 1. The zero-order valence-corrected chi connectivity index (χ0v) is 26.9. The van der Waals surface area contributed by atoms with Crippen LogP contribution >= 0.6 is 11.8 Å². The average Bonchev–Trinajstić information content (AvgIpc) is 3.60. The van der Waals surface area contributed by atoms with Gasteiger partial charge in [-0.25, -0.2) is 9.59 Å². The minimum atomic E-state index is -1.35. The lowest BCUT2D eigenvalue weighted by Gasteiger charge is -2.17. The summed E-state index contributed by atoms with van der Waals surface area (Å²) >= 11 is 1.72. The normalized spacial score (nSPS) is 18.0. The number of nitrogens with zero attached hydrogens (tertiary/aromatic N) is 2. The molecule has 17 nitrogen and oxygen atoms in total. The van der Waals surface area contributed by atoms with Crippen molar-refractivity contribution in [3.05, 3.63) is 39.4 Å². The average molecular weight is 680 g/mol. The number of urea groups is 1. The molecule has 0 bridgehead atoms. The molecule has 3 rings (SSSR count). The first-order chi connectivity index (χ1) is 22.4. The first kappa shape index (κ1) is 37.0. The highest BCUT2D eigenvalue weighted by molar-refractivity contribution is 8.00. The van der Waals surface area contributed by atoms with Gasteiger partial charge in [-0.05, 0) is 44.2 Å². The molecule has 3 atom stereocenters. The second-order valence-electron chi connectivity index (χ2n) is 11.1. The molecule has 18 heteroatoms.